The molecule has 0 N–H and O–H groups in total. The third-order valence-electron chi connectivity index (χ3n) is 6.36. The molecule has 0 unspecified atom stereocenters. The van der Waals surface area contributed by atoms with Gasteiger partial charge in [0.15, 0.2) is 0 Å². The Labute approximate surface area is 240 Å². The third-order valence-corrected chi connectivity index (χ3v) is 6.99. The monoisotopic (exact) mass is 578 g/mol. The first kappa shape index (κ1) is 27.6. The number of halogens is 3. The van der Waals surface area contributed by atoms with Gasteiger partial charge in [0, 0.05) is 29.0 Å². The van der Waals surface area contributed by atoms with Crippen LogP contribution < -0.4 is 4.74 Å². The molecule has 0 radical (unpaired) electrons. The number of carbonyl (C=O) groups is 1. The van der Waals surface area contributed by atoms with Gasteiger partial charge in [-0.1, -0.05) is 59.5 Å². The molecular weight excluding hydrogens is 554 g/mol. The molecule has 6 nitrogen and oxygen atoms in total. The van der Waals surface area contributed by atoms with Crippen LogP contribution in [0.15, 0.2) is 71.3 Å². The van der Waals surface area contributed by atoms with E-state index in [0.29, 0.717) is 61.3 Å². The van der Waals surface area contributed by atoms with E-state index in [-0.39, 0.29) is 18.9 Å². The molecule has 0 saturated carbocycles. The van der Waals surface area contributed by atoms with E-state index in [1.807, 2.05) is 0 Å². The lowest BCUT2D eigenvalue weighted by Gasteiger charge is -2.11. The zero-order valence-corrected chi connectivity index (χ0v) is 23.4. The fourth-order valence-electron chi connectivity index (χ4n) is 4.41. The smallest absolute Gasteiger partial charge is 0.356 e. The Morgan fingerprint density at radius 2 is 1.75 bits per heavy atom. The fourth-order valence-corrected chi connectivity index (χ4v) is 4.98. The number of pyridine rings is 1. The van der Waals surface area contributed by atoms with Crippen LogP contribution in [0.3, 0.4) is 0 Å². The second-order valence-electron chi connectivity index (χ2n) is 9.03. The molecule has 5 rings (SSSR count). The largest absolute Gasteiger partial charge is 0.489 e. The van der Waals surface area contributed by atoms with Crippen LogP contribution in [0.4, 0.5) is 4.39 Å². The average Bonchev–Trinajstić information content (AvgIpc) is 3.33. The molecule has 0 aliphatic heterocycles. The highest BCUT2D eigenvalue weighted by Gasteiger charge is 2.22. The van der Waals surface area contributed by atoms with E-state index in [1.54, 1.807) is 67.6 Å². The minimum atomic E-state index is -0.542. The van der Waals surface area contributed by atoms with E-state index < -0.39 is 11.8 Å². The third kappa shape index (κ3) is 5.67. The Kier molecular flexibility index (Phi) is 8.33. The Bertz CT molecular complexity index is 1670. The highest BCUT2D eigenvalue weighted by atomic mass is 35.5. The SMILES string of the molecule is CCCc1onc(-c2c(Cl)cccc2Cl)c1COc1ccc(-c2cc3ccc(C(=O)OCC)nc3cc2F)cc1. The van der Waals surface area contributed by atoms with E-state index in [0.717, 1.165) is 12.0 Å². The number of fused-ring (bicyclic) bond motifs is 1. The summed E-state index contributed by atoms with van der Waals surface area (Å²) in [6, 6.07) is 18.7. The van der Waals surface area contributed by atoms with Crippen molar-refractivity contribution in [3.8, 4) is 28.1 Å². The summed E-state index contributed by atoms with van der Waals surface area (Å²) in [7, 11) is 0. The van der Waals surface area contributed by atoms with Crippen LogP contribution in [-0.2, 0) is 17.8 Å². The molecule has 0 fully saturated rings. The summed E-state index contributed by atoms with van der Waals surface area (Å²) in [5, 5.41) is 5.90. The van der Waals surface area contributed by atoms with Gasteiger partial charge in [-0.2, -0.15) is 0 Å². The molecule has 0 bridgehead atoms. The van der Waals surface area contributed by atoms with Crippen molar-refractivity contribution in [2.24, 2.45) is 0 Å². The normalized spacial score (nSPS) is 11.1. The van der Waals surface area contributed by atoms with E-state index in [4.69, 9.17) is 37.2 Å². The van der Waals surface area contributed by atoms with E-state index in [1.165, 1.54) is 6.07 Å². The summed E-state index contributed by atoms with van der Waals surface area (Å²) in [5.74, 6) is 0.304. The van der Waals surface area contributed by atoms with Gasteiger partial charge in [0.2, 0.25) is 0 Å². The average molecular weight is 579 g/mol. The van der Waals surface area contributed by atoms with Crippen LogP contribution in [0.2, 0.25) is 10.0 Å². The molecule has 0 aliphatic carbocycles. The first-order valence-electron chi connectivity index (χ1n) is 12.8. The maximum atomic E-state index is 15.1. The molecule has 2 aromatic heterocycles. The van der Waals surface area contributed by atoms with Crippen molar-refractivity contribution >= 4 is 40.1 Å². The van der Waals surface area contributed by atoms with Crippen LogP contribution in [0.25, 0.3) is 33.3 Å². The lowest BCUT2D eigenvalue weighted by molar-refractivity contribution is 0.0520. The number of hydrogen-bond acceptors (Lipinski definition) is 6. The Morgan fingerprint density at radius 3 is 2.45 bits per heavy atom. The summed E-state index contributed by atoms with van der Waals surface area (Å²) in [4.78, 5) is 16.2. The van der Waals surface area contributed by atoms with Gasteiger partial charge in [0.05, 0.1) is 27.7 Å². The molecule has 9 heteroatoms. The minimum absolute atomic E-state index is 0.137. The number of rotatable bonds is 9. The van der Waals surface area contributed by atoms with Crippen LogP contribution in [0.1, 0.15) is 42.1 Å². The van der Waals surface area contributed by atoms with E-state index in [9.17, 15) is 4.79 Å². The molecule has 5 aromatic rings. The number of benzene rings is 3. The van der Waals surface area contributed by atoms with Crippen LogP contribution >= 0.6 is 23.2 Å². The molecule has 0 amide bonds. The number of hydrogen-bond donors (Lipinski definition) is 0. The molecule has 204 valence electrons. The second kappa shape index (κ2) is 12.1. The standard InChI is InChI=1S/C31H25Cl2FN2O4/c1-3-6-28-22(30(36-40-28)29-23(32)7-5-8-24(29)33)17-39-20-12-9-18(10-13-20)21-15-19-11-14-26(31(37)38-4-2)35-27(19)16-25(21)34/h5,7-16H,3-4,6,17H2,1-2H3. The van der Waals surface area contributed by atoms with Gasteiger partial charge >= 0.3 is 5.97 Å². The molecule has 0 saturated heterocycles. The van der Waals surface area contributed by atoms with Gasteiger partial charge in [0.25, 0.3) is 0 Å². The first-order valence-corrected chi connectivity index (χ1v) is 13.6. The van der Waals surface area contributed by atoms with Crippen LogP contribution in [0, 0.1) is 5.82 Å². The van der Waals surface area contributed by atoms with E-state index in [2.05, 4.69) is 17.1 Å². The summed E-state index contributed by atoms with van der Waals surface area (Å²) >= 11 is 12.9. The van der Waals surface area contributed by atoms with E-state index >= 15 is 4.39 Å². The molecule has 40 heavy (non-hydrogen) atoms. The number of aromatic nitrogens is 2. The maximum Gasteiger partial charge on any atom is 0.356 e. The fraction of sp³-hybridized carbons (Fsp3) is 0.194. The van der Waals surface area contributed by atoms with Crippen molar-refractivity contribution in [1.29, 1.82) is 0 Å². The van der Waals surface area contributed by atoms with Gasteiger partial charge in [-0.05, 0) is 55.3 Å². The predicted octanol–water partition coefficient (Wildman–Crippen LogP) is 8.71. The first-order chi connectivity index (χ1) is 19.4. The summed E-state index contributed by atoms with van der Waals surface area (Å²) in [6.07, 6.45) is 1.55. The minimum Gasteiger partial charge on any atom is -0.489 e. The van der Waals surface area contributed by atoms with Crippen molar-refractivity contribution in [3.63, 3.8) is 0 Å². The zero-order valence-electron chi connectivity index (χ0n) is 21.8. The van der Waals surface area contributed by atoms with Gasteiger partial charge in [-0.3, -0.25) is 0 Å². The highest BCUT2D eigenvalue weighted by molar-refractivity contribution is 6.39. The number of ether oxygens (including phenoxy) is 2. The quantitative estimate of drug-likeness (QED) is 0.163. The number of aryl methyl sites for hydroxylation is 1. The van der Waals surface area contributed by atoms with Crippen molar-refractivity contribution < 1.29 is 23.2 Å². The van der Waals surface area contributed by atoms with Crippen LogP contribution in [0.5, 0.6) is 5.75 Å². The number of esters is 1. The lowest BCUT2D eigenvalue weighted by Crippen LogP contribution is -2.06. The van der Waals surface area contributed by atoms with Crippen molar-refractivity contribution in [2.45, 2.75) is 33.3 Å². The maximum absolute atomic E-state index is 15.1. The molecular formula is C31H25Cl2FN2O4. The highest BCUT2D eigenvalue weighted by Crippen LogP contribution is 2.38. The van der Waals surface area contributed by atoms with Crippen molar-refractivity contribution in [2.75, 3.05) is 6.61 Å². The molecule has 0 spiro atoms. The van der Waals surface area contributed by atoms with Gasteiger partial charge in [-0.15, -0.1) is 0 Å². The van der Waals surface area contributed by atoms with Crippen LogP contribution in [-0.4, -0.2) is 22.7 Å². The Morgan fingerprint density at radius 1 is 1.00 bits per heavy atom. The molecule has 0 aliphatic rings. The number of carbonyl (C=O) groups excluding carboxylic acids is 1. The van der Waals surface area contributed by atoms with Crippen molar-refractivity contribution in [3.05, 3.63) is 99.6 Å². The zero-order chi connectivity index (χ0) is 28.2. The Balaban J connectivity index is 1.38. The predicted molar refractivity (Wildman–Crippen MR) is 153 cm³/mol. The lowest BCUT2D eigenvalue weighted by atomic mass is 10.0. The Hall–Kier alpha value is -3.94. The van der Waals surface area contributed by atoms with Gasteiger partial charge < -0.3 is 14.0 Å². The van der Waals surface area contributed by atoms with Gasteiger partial charge in [-0.25, -0.2) is 14.2 Å². The van der Waals surface area contributed by atoms with Gasteiger partial charge in [0.1, 0.15) is 35.3 Å². The summed E-state index contributed by atoms with van der Waals surface area (Å²) in [5.41, 5.74) is 3.51. The number of nitrogens with zero attached hydrogens (tertiary/aromatic N) is 2. The molecule has 3 aromatic carbocycles. The topological polar surface area (TPSA) is 74.5 Å². The molecule has 0 atom stereocenters. The second-order valence-corrected chi connectivity index (χ2v) is 9.85. The summed E-state index contributed by atoms with van der Waals surface area (Å²) in [6.45, 7) is 4.19. The summed E-state index contributed by atoms with van der Waals surface area (Å²) < 4.78 is 31.8. The van der Waals surface area contributed by atoms with Crippen molar-refractivity contribution in [1.82, 2.24) is 10.1 Å². The molecule has 2 heterocycles.